The number of carboxylic acids is 1. The first-order chi connectivity index (χ1) is 8.08. The summed E-state index contributed by atoms with van der Waals surface area (Å²) in [6.07, 6.45) is 0.597. The van der Waals surface area contributed by atoms with Gasteiger partial charge in [-0.2, -0.15) is 0 Å². The van der Waals surface area contributed by atoms with Crippen LogP contribution >= 0.6 is 11.3 Å². The quantitative estimate of drug-likeness (QED) is 0.640. The van der Waals surface area contributed by atoms with Crippen LogP contribution in [0.2, 0.25) is 0 Å². The van der Waals surface area contributed by atoms with Gasteiger partial charge in [-0.15, -0.1) is 11.3 Å². The molecule has 0 aromatic carbocycles. The molecule has 0 saturated heterocycles. The molecule has 0 aliphatic heterocycles. The molecular weight excluding hydrogens is 244 g/mol. The van der Waals surface area contributed by atoms with Crippen LogP contribution in [0.5, 0.6) is 0 Å². The van der Waals surface area contributed by atoms with E-state index < -0.39 is 12.0 Å². The van der Waals surface area contributed by atoms with Crippen LogP contribution in [0.1, 0.15) is 23.7 Å². The van der Waals surface area contributed by atoms with Gasteiger partial charge in [0, 0.05) is 0 Å². The predicted octanol–water partition coefficient (Wildman–Crippen LogP) is 1.34. The Bertz CT molecular complexity index is 401. The number of anilines is 1. The van der Waals surface area contributed by atoms with Crippen molar-refractivity contribution in [3.8, 4) is 0 Å². The van der Waals surface area contributed by atoms with Gasteiger partial charge in [-0.25, -0.2) is 9.59 Å². The number of carbonyl (C=O) groups excluding carboxylic acids is 1. The third kappa shape index (κ3) is 3.72. The van der Waals surface area contributed by atoms with Gasteiger partial charge < -0.3 is 15.5 Å². The fourth-order valence-electron chi connectivity index (χ4n) is 1.18. The topological polar surface area (TPSA) is 98.7 Å². The number of nitrogens with one attached hydrogen (secondary N) is 2. The molecule has 0 aliphatic carbocycles. The second-order valence-electron chi connectivity index (χ2n) is 3.35. The summed E-state index contributed by atoms with van der Waals surface area (Å²) in [5, 5.41) is 24.6. The molecule has 1 rings (SSSR count). The van der Waals surface area contributed by atoms with Crippen molar-refractivity contribution in [1.82, 2.24) is 5.32 Å². The molecule has 17 heavy (non-hydrogen) atoms. The summed E-state index contributed by atoms with van der Waals surface area (Å²) in [6, 6.07) is 0.575. The molecule has 1 atom stereocenters. The third-order valence-corrected chi connectivity index (χ3v) is 3.00. The number of thiophene rings is 1. The molecule has 0 unspecified atom stereocenters. The summed E-state index contributed by atoms with van der Waals surface area (Å²) in [5.41, 5.74) is 0.0576. The molecule has 1 aromatic rings. The maximum absolute atomic E-state index is 11.5. The summed E-state index contributed by atoms with van der Waals surface area (Å²) in [6.45, 7) is 1.68. The van der Waals surface area contributed by atoms with E-state index in [0.717, 1.165) is 11.3 Å². The van der Waals surface area contributed by atoms with Crippen LogP contribution in [-0.4, -0.2) is 34.9 Å². The van der Waals surface area contributed by atoms with E-state index in [1.807, 2.05) is 6.92 Å². The zero-order valence-corrected chi connectivity index (χ0v) is 10.1. The zero-order chi connectivity index (χ0) is 12.8. The average Bonchev–Trinajstić information content (AvgIpc) is 2.74. The molecule has 0 aliphatic rings. The van der Waals surface area contributed by atoms with Gasteiger partial charge in [-0.05, 0) is 17.9 Å². The van der Waals surface area contributed by atoms with Gasteiger partial charge in [0.15, 0.2) is 0 Å². The molecule has 0 fully saturated rings. The maximum Gasteiger partial charge on any atom is 0.338 e. The number of hydrogen-bond donors (Lipinski definition) is 4. The first-order valence-corrected chi connectivity index (χ1v) is 5.95. The first-order valence-electron chi connectivity index (χ1n) is 5.07. The van der Waals surface area contributed by atoms with Crippen molar-refractivity contribution in [3.63, 3.8) is 0 Å². The van der Waals surface area contributed by atoms with Crippen LogP contribution in [0.25, 0.3) is 0 Å². The van der Waals surface area contributed by atoms with Crippen LogP contribution in [0.3, 0.4) is 0 Å². The van der Waals surface area contributed by atoms with E-state index >= 15 is 0 Å². The van der Waals surface area contributed by atoms with Gasteiger partial charge in [0.25, 0.3) is 0 Å². The number of aromatic carboxylic acids is 1. The SMILES string of the molecule is CC[C@@H](CO)NC(=O)Nc1sccc1C(=O)O. The molecule has 1 aromatic heterocycles. The Balaban J connectivity index is 2.62. The lowest BCUT2D eigenvalue weighted by molar-refractivity contribution is 0.0698. The van der Waals surface area contributed by atoms with Crippen molar-refractivity contribution in [1.29, 1.82) is 0 Å². The average molecular weight is 258 g/mol. The molecule has 0 spiro atoms. The minimum absolute atomic E-state index is 0.0576. The Morgan fingerprint density at radius 1 is 1.53 bits per heavy atom. The normalized spacial score (nSPS) is 11.9. The smallest absolute Gasteiger partial charge is 0.338 e. The van der Waals surface area contributed by atoms with Crippen LogP contribution < -0.4 is 10.6 Å². The molecule has 1 heterocycles. The van der Waals surface area contributed by atoms with E-state index in [1.54, 1.807) is 5.38 Å². The minimum Gasteiger partial charge on any atom is -0.478 e. The van der Waals surface area contributed by atoms with E-state index in [4.69, 9.17) is 10.2 Å². The molecule has 0 saturated carbocycles. The van der Waals surface area contributed by atoms with Gasteiger partial charge in [0.2, 0.25) is 0 Å². The van der Waals surface area contributed by atoms with Gasteiger partial charge >= 0.3 is 12.0 Å². The molecule has 4 N–H and O–H groups in total. The lowest BCUT2D eigenvalue weighted by Gasteiger charge is -2.14. The number of aliphatic hydroxyl groups excluding tert-OH is 1. The summed E-state index contributed by atoms with van der Waals surface area (Å²) < 4.78 is 0. The molecule has 2 amide bonds. The zero-order valence-electron chi connectivity index (χ0n) is 9.27. The second kappa shape index (κ2) is 6.21. The van der Waals surface area contributed by atoms with Crippen LogP contribution in [0.4, 0.5) is 9.80 Å². The Hall–Kier alpha value is -1.60. The van der Waals surface area contributed by atoms with Crippen molar-refractivity contribution in [3.05, 3.63) is 17.0 Å². The highest BCUT2D eigenvalue weighted by Gasteiger charge is 2.15. The number of aliphatic hydroxyl groups is 1. The monoisotopic (exact) mass is 258 g/mol. The number of rotatable bonds is 5. The van der Waals surface area contributed by atoms with E-state index in [0.29, 0.717) is 6.42 Å². The second-order valence-corrected chi connectivity index (χ2v) is 4.27. The third-order valence-electron chi connectivity index (χ3n) is 2.17. The minimum atomic E-state index is -1.09. The Kier molecular flexibility index (Phi) is 4.92. The van der Waals surface area contributed by atoms with Crippen molar-refractivity contribution < 1.29 is 19.8 Å². The summed E-state index contributed by atoms with van der Waals surface area (Å²) in [7, 11) is 0. The molecular formula is C10H14N2O4S. The van der Waals surface area contributed by atoms with E-state index in [9.17, 15) is 9.59 Å². The van der Waals surface area contributed by atoms with E-state index in [1.165, 1.54) is 6.07 Å². The molecule has 7 heteroatoms. The number of carboxylic acid groups (broad SMARTS) is 1. The fraction of sp³-hybridized carbons (Fsp3) is 0.400. The molecule has 6 nitrogen and oxygen atoms in total. The highest BCUT2D eigenvalue weighted by atomic mass is 32.1. The number of amides is 2. The summed E-state index contributed by atoms with van der Waals surface area (Å²) in [5.74, 6) is -1.09. The predicted molar refractivity (Wildman–Crippen MR) is 64.6 cm³/mol. The van der Waals surface area contributed by atoms with Gasteiger partial charge in [-0.3, -0.25) is 5.32 Å². The van der Waals surface area contributed by atoms with Crippen LogP contribution in [0, 0.1) is 0 Å². The summed E-state index contributed by atoms with van der Waals surface area (Å²) >= 11 is 1.13. The number of urea groups is 1. The Morgan fingerprint density at radius 3 is 2.76 bits per heavy atom. The van der Waals surface area contributed by atoms with Crippen molar-refractivity contribution in [2.45, 2.75) is 19.4 Å². The van der Waals surface area contributed by atoms with Crippen molar-refractivity contribution in [2.24, 2.45) is 0 Å². The molecule has 0 radical (unpaired) electrons. The highest BCUT2D eigenvalue weighted by molar-refractivity contribution is 7.14. The number of hydrogen-bond acceptors (Lipinski definition) is 4. The summed E-state index contributed by atoms with van der Waals surface area (Å²) in [4.78, 5) is 22.3. The number of carbonyl (C=O) groups is 2. The van der Waals surface area contributed by atoms with Crippen LogP contribution in [-0.2, 0) is 0 Å². The van der Waals surface area contributed by atoms with Crippen molar-refractivity contribution in [2.75, 3.05) is 11.9 Å². The highest BCUT2D eigenvalue weighted by Crippen LogP contribution is 2.22. The van der Waals surface area contributed by atoms with Gasteiger partial charge in [-0.1, -0.05) is 6.92 Å². The largest absolute Gasteiger partial charge is 0.478 e. The Morgan fingerprint density at radius 2 is 2.24 bits per heavy atom. The standard InChI is InChI=1S/C10H14N2O4S/c1-2-6(5-13)11-10(16)12-8-7(9(14)15)3-4-17-8/h3-4,6,13H,2,5H2,1H3,(H,14,15)(H2,11,12,16)/t6-/m0/s1. The maximum atomic E-state index is 11.5. The van der Waals surface area contributed by atoms with Crippen molar-refractivity contribution >= 4 is 28.3 Å². The lowest BCUT2D eigenvalue weighted by Crippen LogP contribution is -2.39. The van der Waals surface area contributed by atoms with Gasteiger partial charge in [0.05, 0.1) is 18.2 Å². The molecule has 94 valence electrons. The van der Waals surface area contributed by atoms with E-state index in [2.05, 4.69) is 10.6 Å². The first kappa shape index (κ1) is 13.5. The van der Waals surface area contributed by atoms with Crippen LogP contribution in [0.15, 0.2) is 11.4 Å². The Labute approximate surface area is 102 Å². The van der Waals surface area contributed by atoms with E-state index in [-0.39, 0.29) is 23.2 Å². The fourth-order valence-corrected chi connectivity index (χ4v) is 1.95. The lowest BCUT2D eigenvalue weighted by atomic mass is 10.2. The molecule has 0 bridgehead atoms. The van der Waals surface area contributed by atoms with Gasteiger partial charge in [0.1, 0.15) is 5.00 Å².